The molecule has 17 heavy (non-hydrogen) atoms. The van der Waals surface area contributed by atoms with Gasteiger partial charge in [-0.3, -0.25) is 14.6 Å². The van der Waals surface area contributed by atoms with Crippen LogP contribution in [0.4, 0.5) is 0 Å². The summed E-state index contributed by atoms with van der Waals surface area (Å²) in [4.78, 5) is 28.9. The van der Waals surface area contributed by atoms with Crippen molar-refractivity contribution in [2.45, 2.75) is 13.3 Å². The second-order valence-electron chi connectivity index (χ2n) is 4.11. The Morgan fingerprint density at radius 3 is 3.12 bits per heavy atom. The highest BCUT2D eigenvalue weighted by molar-refractivity contribution is 5.86. The molecule has 2 amide bonds. The number of piperazine rings is 1. The fourth-order valence-electron chi connectivity index (χ4n) is 1.81. The lowest BCUT2D eigenvalue weighted by Crippen LogP contribution is -2.50. The molecule has 0 aromatic carbocycles. The van der Waals surface area contributed by atoms with Crippen LogP contribution in [0, 0.1) is 6.92 Å². The van der Waals surface area contributed by atoms with E-state index in [4.69, 9.17) is 0 Å². The van der Waals surface area contributed by atoms with Gasteiger partial charge in [0.1, 0.15) is 0 Å². The van der Waals surface area contributed by atoms with E-state index in [1.165, 1.54) is 0 Å². The Kier molecular flexibility index (Phi) is 3.37. The molecular weight excluding hydrogens is 218 g/mol. The van der Waals surface area contributed by atoms with Crippen LogP contribution in [0.25, 0.3) is 0 Å². The van der Waals surface area contributed by atoms with Gasteiger partial charge in [0.2, 0.25) is 11.8 Å². The molecule has 1 saturated heterocycles. The Bertz CT molecular complexity index is 445. The van der Waals surface area contributed by atoms with Gasteiger partial charge in [0.05, 0.1) is 18.7 Å². The van der Waals surface area contributed by atoms with Gasteiger partial charge < -0.3 is 10.2 Å². The van der Waals surface area contributed by atoms with E-state index in [0.717, 1.165) is 11.3 Å². The van der Waals surface area contributed by atoms with Crippen LogP contribution in [0.15, 0.2) is 18.3 Å². The number of carbonyl (C=O) groups is 2. The van der Waals surface area contributed by atoms with Crippen LogP contribution < -0.4 is 5.32 Å². The molecule has 0 atom stereocenters. The predicted octanol–water partition coefficient (Wildman–Crippen LogP) is -0.109. The molecule has 0 saturated carbocycles. The lowest BCUT2D eigenvalue weighted by atomic mass is 10.1. The fourth-order valence-corrected chi connectivity index (χ4v) is 1.81. The molecule has 1 fully saturated rings. The van der Waals surface area contributed by atoms with Crippen molar-refractivity contribution < 1.29 is 9.59 Å². The summed E-state index contributed by atoms with van der Waals surface area (Å²) < 4.78 is 0. The van der Waals surface area contributed by atoms with Crippen LogP contribution in [-0.2, 0) is 16.0 Å². The maximum absolute atomic E-state index is 12.0. The third-order valence-electron chi connectivity index (χ3n) is 2.83. The monoisotopic (exact) mass is 233 g/mol. The topological polar surface area (TPSA) is 62.3 Å². The largest absolute Gasteiger partial charge is 0.353 e. The molecule has 1 aromatic heterocycles. The zero-order chi connectivity index (χ0) is 12.3. The summed E-state index contributed by atoms with van der Waals surface area (Å²) in [5.41, 5.74) is 1.78. The molecule has 0 aliphatic carbocycles. The van der Waals surface area contributed by atoms with Crippen molar-refractivity contribution in [2.75, 3.05) is 19.6 Å². The lowest BCUT2D eigenvalue weighted by molar-refractivity contribution is -0.137. The Morgan fingerprint density at radius 1 is 1.59 bits per heavy atom. The maximum Gasteiger partial charge on any atom is 0.239 e. The summed E-state index contributed by atoms with van der Waals surface area (Å²) in [5.74, 6) is -0.135. The molecule has 2 heterocycles. The number of amides is 2. The molecule has 0 unspecified atom stereocenters. The second kappa shape index (κ2) is 4.95. The summed E-state index contributed by atoms with van der Waals surface area (Å²) in [5, 5.41) is 2.69. The first-order valence-corrected chi connectivity index (χ1v) is 5.62. The van der Waals surface area contributed by atoms with Crippen LogP contribution in [0.1, 0.15) is 11.3 Å². The van der Waals surface area contributed by atoms with Gasteiger partial charge in [0.15, 0.2) is 0 Å². The highest BCUT2D eigenvalue weighted by atomic mass is 16.2. The van der Waals surface area contributed by atoms with Crippen molar-refractivity contribution in [3.05, 3.63) is 29.6 Å². The van der Waals surface area contributed by atoms with E-state index in [1.54, 1.807) is 11.1 Å². The van der Waals surface area contributed by atoms with Crippen molar-refractivity contribution in [1.82, 2.24) is 15.2 Å². The third-order valence-corrected chi connectivity index (χ3v) is 2.83. The number of hydrogen-bond acceptors (Lipinski definition) is 3. The van der Waals surface area contributed by atoms with Crippen molar-refractivity contribution in [1.29, 1.82) is 0 Å². The number of carbonyl (C=O) groups excluding carboxylic acids is 2. The van der Waals surface area contributed by atoms with Gasteiger partial charge in [-0.15, -0.1) is 0 Å². The van der Waals surface area contributed by atoms with Crippen LogP contribution >= 0.6 is 0 Å². The van der Waals surface area contributed by atoms with Crippen LogP contribution in [0.3, 0.4) is 0 Å². The smallest absolute Gasteiger partial charge is 0.239 e. The quantitative estimate of drug-likeness (QED) is 0.775. The number of nitrogens with one attached hydrogen (secondary N) is 1. The maximum atomic E-state index is 12.0. The molecule has 90 valence electrons. The molecule has 0 bridgehead atoms. The minimum absolute atomic E-state index is 0.0401. The van der Waals surface area contributed by atoms with Gasteiger partial charge in [-0.2, -0.15) is 0 Å². The number of aromatic nitrogens is 1. The predicted molar refractivity (Wildman–Crippen MR) is 62.3 cm³/mol. The highest BCUT2D eigenvalue weighted by Gasteiger charge is 2.21. The molecule has 2 rings (SSSR count). The van der Waals surface area contributed by atoms with E-state index in [-0.39, 0.29) is 24.8 Å². The first-order chi connectivity index (χ1) is 8.16. The molecular formula is C12H15N3O2. The number of hydrogen-bond donors (Lipinski definition) is 1. The summed E-state index contributed by atoms with van der Waals surface area (Å²) in [6, 6.07) is 3.77. The minimum Gasteiger partial charge on any atom is -0.353 e. The van der Waals surface area contributed by atoms with E-state index < -0.39 is 0 Å². The van der Waals surface area contributed by atoms with E-state index in [2.05, 4.69) is 10.3 Å². The Hall–Kier alpha value is -1.91. The van der Waals surface area contributed by atoms with Crippen molar-refractivity contribution in [2.24, 2.45) is 0 Å². The summed E-state index contributed by atoms with van der Waals surface area (Å²) >= 11 is 0. The number of pyridine rings is 1. The molecule has 5 nitrogen and oxygen atoms in total. The van der Waals surface area contributed by atoms with Crippen LogP contribution in [0.5, 0.6) is 0 Å². The van der Waals surface area contributed by atoms with Crippen LogP contribution in [-0.4, -0.2) is 41.3 Å². The van der Waals surface area contributed by atoms with Gasteiger partial charge in [-0.05, 0) is 18.6 Å². The van der Waals surface area contributed by atoms with Crippen molar-refractivity contribution in [3.8, 4) is 0 Å². The third kappa shape index (κ3) is 2.81. The van der Waals surface area contributed by atoms with E-state index >= 15 is 0 Å². The molecule has 5 heteroatoms. The molecule has 1 aliphatic rings. The summed E-state index contributed by atoms with van der Waals surface area (Å²) in [6.07, 6.45) is 1.94. The molecule has 0 radical (unpaired) electrons. The molecule has 1 aromatic rings. The normalized spacial score (nSPS) is 15.6. The molecule has 1 N–H and O–H groups in total. The second-order valence-corrected chi connectivity index (χ2v) is 4.11. The number of rotatable bonds is 2. The first-order valence-electron chi connectivity index (χ1n) is 5.62. The minimum atomic E-state index is -0.0951. The van der Waals surface area contributed by atoms with E-state index in [1.807, 2.05) is 19.1 Å². The Morgan fingerprint density at radius 2 is 2.41 bits per heavy atom. The Balaban J connectivity index is 2.02. The average molecular weight is 233 g/mol. The summed E-state index contributed by atoms with van der Waals surface area (Å²) in [7, 11) is 0. The van der Waals surface area contributed by atoms with Gasteiger partial charge in [0.25, 0.3) is 0 Å². The first kappa shape index (κ1) is 11.6. The molecule has 1 aliphatic heterocycles. The zero-order valence-corrected chi connectivity index (χ0v) is 9.77. The average Bonchev–Trinajstić information content (AvgIpc) is 2.32. The van der Waals surface area contributed by atoms with Crippen molar-refractivity contribution >= 4 is 11.8 Å². The standard InChI is InChI=1S/C12H15N3O2/c1-9-3-2-4-13-10(9)7-12(17)15-6-5-14-11(16)8-15/h2-4H,5-8H2,1H3,(H,14,16). The number of nitrogens with zero attached hydrogens (tertiary/aromatic N) is 2. The van der Waals surface area contributed by atoms with E-state index in [0.29, 0.717) is 13.1 Å². The SMILES string of the molecule is Cc1cccnc1CC(=O)N1CCNC(=O)C1. The highest BCUT2D eigenvalue weighted by Crippen LogP contribution is 2.06. The zero-order valence-electron chi connectivity index (χ0n) is 9.77. The van der Waals surface area contributed by atoms with Gasteiger partial charge in [-0.25, -0.2) is 0 Å². The van der Waals surface area contributed by atoms with E-state index in [9.17, 15) is 9.59 Å². The fraction of sp³-hybridized carbons (Fsp3) is 0.417. The van der Waals surface area contributed by atoms with Crippen LogP contribution in [0.2, 0.25) is 0 Å². The van der Waals surface area contributed by atoms with Crippen molar-refractivity contribution in [3.63, 3.8) is 0 Å². The van der Waals surface area contributed by atoms with Gasteiger partial charge in [0, 0.05) is 19.3 Å². The molecule has 0 spiro atoms. The lowest BCUT2D eigenvalue weighted by Gasteiger charge is -2.26. The Labute approximate surface area is 99.8 Å². The summed E-state index contributed by atoms with van der Waals surface area (Å²) in [6.45, 7) is 3.20. The van der Waals surface area contributed by atoms with Gasteiger partial charge in [-0.1, -0.05) is 6.07 Å². The number of aryl methyl sites for hydroxylation is 1. The van der Waals surface area contributed by atoms with Gasteiger partial charge >= 0.3 is 0 Å².